The van der Waals surface area contributed by atoms with Crippen LogP contribution >= 0.6 is 0 Å². The lowest BCUT2D eigenvalue weighted by molar-refractivity contribution is -0.138. The smallest absolute Gasteiger partial charge is 0.384 e. The van der Waals surface area contributed by atoms with Gasteiger partial charge in [0.15, 0.2) is 0 Å². The van der Waals surface area contributed by atoms with Crippen molar-refractivity contribution < 1.29 is 46.3 Å². The second kappa shape index (κ2) is 19.4. The number of aromatic nitrogens is 1. The van der Waals surface area contributed by atoms with Crippen molar-refractivity contribution in [2.24, 2.45) is 0 Å². The van der Waals surface area contributed by atoms with Crippen LogP contribution in [0.4, 0.5) is 34.6 Å². The van der Waals surface area contributed by atoms with E-state index in [0.29, 0.717) is 74.7 Å². The Bertz CT molecular complexity index is 2480. The highest BCUT2D eigenvalue weighted by Gasteiger charge is 2.45. The van der Waals surface area contributed by atoms with Crippen LogP contribution in [0.15, 0.2) is 53.5 Å². The molecule has 346 valence electrons. The highest BCUT2D eigenvalue weighted by molar-refractivity contribution is 6.25. The number of imide groups is 2. The highest BCUT2D eigenvalue weighted by Crippen LogP contribution is 2.38. The maximum Gasteiger partial charge on any atom is 0.417 e. The highest BCUT2D eigenvalue weighted by atomic mass is 19.4. The molecule has 1 unspecified atom stereocenters. The number of anilines is 3. The maximum absolute atomic E-state index is 16.1. The van der Waals surface area contributed by atoms with E-state index < -0.39 is 64.3 Å². The van der Waals surface area contributed by atoms with Crippen LogP contribution in [0.5, 0.6) is 0 Å². The summed E-state index contributed by atoms with van der Waals surface area (Å²) in [6, 6.07) is 7.00. The standard InChI is InChI=1S/C46H52F4N8O7/c1-26-24-57(25-27(2)55(26)3)37-22-33(47)30(20-35(37)53-42(62)31-23-52-39(60)21-32(31)46(48,49)50)28-15-18-56(19-16-28)40(61)12-7-5-4-6-8-17-51-34-11-9-10-29-41(34)45(65)58(44(29)64)36-13-14-38(59)54-43(36)63/h9-11,15,20-23,26-27,36,51H,4-8,12-14,16-19,24-25H2,1-3H3,(H,52,60)(H,53,62)(H,54,59,63)/t26-,27+,36?. The van der Waals surface area contributed by atoms with Crippen molar-refractivity contribution in [2.75, 3.05) is 55.3 Å². The molecular formula is C46H52F4N8O7. The Morgan fingerprint density at radius 1 is 0.877 bits per heavy atom. The molecule has 2 saturated heterocycles. The molecule has 2 aromatic carbocycles. The quantitative estimate of drug-likeness (QED) is 0.0879. The van der Waals surface area contributed by atoms with Crippen molar-refractivity contribution >= 4 is 58.1 Å². The third-order valence-corrected chi connectivity index (χ3v) is 12.8. The summed E-state index contributed by atoms with van der Waals surface area (Å²) < 4.78 is 57.8. The lowest BCUT2D eigenvalue weighted by Gasteiger charge is -2.44. The Morgan fingerprint density at radius 2 is 1.60 bits per heavy atom. The number of nitrogens with zero attached hydrogens (tertiary/aromatic N) is 4. The minimum absolute atomic E-state index is 0.0359. The number of likely N-dealkylation sites (N-methyl/N-ethyl adjacent to an activating group) is 1. The van der Waals surface area contributed by atoms with E-state index in [1.807, 2.05) is 25.8 Å². The summed E-state index contributed by atoms with van der Waals surface area (Å²) in [4.78, 5) is 97.8. The number of amides is 6. The van der Waals surface area contributed by atoms with Gasteiger partial charge >= 0.3 is 6.18 Å². The molecule has 0 radical (unpaired) electrons. The zero-order chi connectivity index (χ0) is 46.7. The Balaban J connectivity index is 0.916. The molecule has 0 spiro atoms. The number of unbranched alkanes of at least 4 members (excludes halogenated alkanes) is 4. The number of piperidine rings is 1. The molecule has 3 aromatic rings. The SMILES string of the molecule is C[C@@H]1CN(c2cc(F)c(C3=CCN(C(=O)CCCCCCCNc4cccc5c4C(=O)N(C4CCC(=O)NC4=O)C5=O)CC3)cc2NC(=O)c2c[nH]c(=O)cc2C(F)(F)F)C[C@H](C)N1C. The van der Waals surface area contributed by atoms with E-state index >= 15 is 4.39 Å². The normalized spacial score (nSPS) is 20.4. The first kappa shape index (κ1) is 46.6. The average molecular weight is 905 g/mol. The van der Waals surface area contributed by atoms with E-state index in [2.05, 4.69) is 25.8 Å². The number of benzene rings is 2. The van der Waals surface area contributed by atoms with Crippen molar-refractivity contribution in [2.45, 2.75) is 95.9 Å². The molecule has 1 aromatic heterocycles. The number of carbonyl (C=O) groups is 6. The fraction of sp³-hybridized carbons (Fsp3) is 0.457. The minimum atomic E-state index is -4.98. The fourth-order valence-corrected chi connectivity index (χ4v) is 8.97. The predicted octanol–water partition coefficient (Wildman–Crippen LogP) is 5.78. The molecule has 15 nitrogen and oxygen atoms in total. The Morgan fingerprint density at radius 3 is 2.29 bits per heavy atom. The average Bonchev–Trinajstić information content (AvgIpc) is 3.52. The summed E-state index contributed by atoms with van der Waals surface area (Å²) in [5.41, 5.74) is -1.14. The predicted molar refractivity (Wildman–Crippen MR) is 234 cm³/mol. The third kappa shape index (κ3) is 10.1. The van der Waals surface area contributed by atoms with Crippen molar-refractivity contribution in [3.8, 4) is 0 Å². The molecular weight excluding hydrogens is 853 g/mol. The topological polar surface area (TPSA) is 184 Å². The van der Waals surface area contributed by atoms with Crippen LogP contribution < -0.4 is 26.4 Å². The first-order valence-corrected chi connectivity index (χ1v) is 21.9. The fourth-order valence-electron chi connectivity index (χ4n) is 8.97. The number of fused-ring (bicyclic) bond motifs is 1. The molecule has 19 heteroatoms. The number of H-pyrrole nitrogens is 1. The van der Waals surface area contributed by atoms with E-state index in [9.17, 15) is 46.7 Å². The number of aromatic amines is 1. The summed E-state index contributed by atoms with van der Waals surface area (Å²) in [6.45, 7) is 6.00. The zero-order valence-corrected chi connectivity index (χ0v) is 36.4. The molecule has 6 amide bonds. The van der Waals surface area contributed by atoms with Crippen LogP contribution in [0.1, 0.15) is 114 Å². The van der Waals surface area contributed by atoms with Crippen LogP contribution in [0.2, 0.25) is 0 Å². The molecule has 4 N–H and O–H groups in total. The van der Waals surface area contributed by atoms with Gasteiger partial charge in [0.2, 0.25) is 23.3 Å². The molecule has 0 bridgehead atoms. The monoisotopic (exact) mass is 904 g/mol. The summed E-state index contributed by atoms with van der Waals surface area (Å²) in [5, 5.41) is 8.03. The summed E-state index contributed by atoms with van der Waals surface area (Å²) in [7, 11) is 1.97. The third-order valence-electron chi connectivity index (χ3n) is 12.8. The molecule has 0 aliphatic carbocycles. The van der Waals surface area contributed by atoms with Gasteiger partial charge in [-0.05, 0) is 76.4 Å². The molecule has 0 saturated carbocycles. The summed E-state index contributed by atoms with van der Waals surface area (Å²) >= 11 is 0. The van der Waals surface area contributed by atoms with E-state index in [-0.39, 0.29) is 59.8 Å². The van der Waals surface area contributed by atoms with E-state index in [4.69, 9.17) is 0 Å². The molecule has 2 fully saturated rings. The van der Waals surface area contributed by atoms with Crippen molar-refractivity contribution in [1.29, 1.82) is 0 Å². The lowest BCUT2D eigenvalue weighted by Crippen LogP contribution is -2.55. The Kier molecular flexibility index (Phi) is 13.9. The summed E-state index contributed by atoms with van der Waals surface area (Å²) in [5.74, 6) is -4.00. The van der Waals surface area contributed by atoms with Crippen LogP contribution in [0, 0.1) is 5.82 Å². The summed E-state index contributed by atoms with van der Waals surface area (Å²) in [6.07, 6.45) is 2.14. The number of hydrogen-bond donors (Lipinski definition) is 4. The maximum atomic E-state index is 16.1. The largest absolute Gasteiger partial charge is 0.417 e. The van der Waals surface area contributed by atoms with E-state index in [0.717, 1.165) is 30.6 Å². The number of halogens is 4. The van der Waals surface area contributed by atoms with E-state index in [1.165, 1.54) is 12.1 Å². The van der Waals surface area contributed by atoms with Crippen LogP contribution in [0.25, 0.3) is 5.57 Å². The number of nitrogens with one attached hydrogen (secondary N) is 4. The van der Waals surface area contributed by atoms with Crippen LogP contribution in [-0.2, 0) is 20.6 Å². The zero-order valence-electron chi connectivity index (χ0n) is 36.4. The number of alkyl halides is 3. The number of carbonyl (C=O) groups excluding carboxylic acids is 6. The Labute approximate surface area is 372 Å². The van der Waals surface area contributed by atoms with Crippen molar-refractivity contribution in [1.82, 2.24) is 25.0 Å². The van der Waals surface area contributed by atoms with Gasteiger partial charge in [0, 0.05) is 81.2 Å². The van der Waals surface area contributed by atoms with Crippen LogP contribution in [-0.4, -0.2) is 113 Å². The molecule has 4 aliphatic heterocycles. The number of rotatable bonds is 14. The van der Waals surface area contributed by atoms with Gasteiger partial charge in [0.25, 0.3) is 17.7 Å². The number of piperazine rings is 1. The first-order chi connectivity index (χ1) is 30.9. The lowest BCUT2D eigenvalue weighted by atomic mass is 9.96. The molecule has 4 aliphatic rings. The van der Waals surface area contributed by atoms with Gasteiger partial charge in [0.05, 0.1) is 33.6 Å². The molecule has 7 rings (SSSR count). The van der Waals surface area contributed by atoms with Gasteiger partial charge in [-0.2, -0.15) is 13.2 Å². The molecule has 3 atom stereocenters. The Hall–Kier alpha value is -6.37. The van der Waals surface area contributed by atoms with Gasteiger partial charge in [0.1, 0.15) is 11.9 Å². The minimum Gasteiger partial charge on any atom is -0.384 e. The number of pyridine rings is 1. The van der Waals surface area contributed by atoms with Gasteiger partial charge in [-0.15, -0.1) is 0 Å². The van der Waals surface area contributed by atoms with Crippen LogP contribution in [0.3, 0.4) is 0 Å². The van der Waals surface area contributed by atoms with Gasteiger partial charge in [-0.3, -0.25) is 48.7 Å². The van der Waals surface area contributed by atoms with Crippen molar-refractivity contribution in [3.05, 3.63) is 92.7 Å². The first-order valence-electron chi connectivity index (χ1n) is 21.9. The van der Waals surface area contributed by atoms with Gasteiger partial charge in [-0.1, -0.05) is 31.4 Å². The molecule has 65 heavy (non-hydrogen) atoms. The number of hydrogen-bond acceptors (Lipinski definition) is 10. The van der Waals surface area contributed by atoms with Gasteiger partial charge < -0.3 is 25.4 Å². The van der Waals surface area contributed by atoms with Crippen molar-refractivity contribution in [3.63, 3.8) is 0 Å². The second-order valence-electron chi connectivity index (χ2n) is 17.1. The van der Waals surface area contributed by atoms with E-state index in [1.54, 1.807) is 29.2 Å². The van der Waals surface area contributed by atoms with Gasteiger partial charge in [-0.25, -0.2) is 4.39 Å². The second-order valence-corrected chi connectivity index (χ2v) is 17.1. The molecule has 5 heterocycles.